The largest absolute Gasteiger partial charge is 0.292 e. The molecule has 0 radical (unpaired) electrons. The van der Waals surface area contributed by atoms with E-state index in [1.165, 1.54) is 25.9 Å². The van der Waals surface area contributed by atoms with Crippen LogP contribution in [0.3, 0.4) is 0 Å². The molecule has 0 N–H and O–H groups in total. The first kappa shape index (κ1) is 19.3. The van der Waals surface area contributed by atoms with Crippen LogP contribution in [0.15, 0.2) is 66.9 Å². The van der Waals surface area contributed by atoms with E-state index in [0.29, 0.717) is 0 Å². The first-order valence-corrected chi connectivity index (χ1v) is 10.2. The molecule has 0 aliphatic carbocycles. The first-order valence-electron chi connectivity index (χ1n) is 9.82. The van der Waals surface area contributed by atoms with Gasteiger partial charge in [0.25, 0.3) is 0 Å². The summed E-state index contributed by atoms with van der Waals surface area (Å²) in [7, 11) is 0. The van der Waals surface area contributed by atoms with Crippen LogP contribution in [0.25, 0.3) is 11.1 Å². The standard InChI is InChI=1S/C26H21ClN2/c27-25-13-10-23(11-14-25)24-12-16-26(28-20-24)15-9-22-7-5-21(6-8-22)4-3-19-29-17-1-2-18-29/h5-8,10-14,16,20H,1-2,17-19H2. The Labute approximate surface area is 177 Å². The molecular weight excluding hydrogens is 376 g/mol. The van der Waals surface area contributed by atoms with Gasteiger partial charge in [0.05, 0.1) is 6.54 Å². The summed E-state index contributed by atoms with van der Waals surface area (Å²) in [6.45, 7) is 3.22. The van der Waals surface area contributed by atoms with Gasteiger partial charge in [0, 0.05) is 27.9 Å². The lowest BCUT2D eigenvalue weighted by Gasteiger charge is -2.08. The number of rotatable bonds is 2. The minimum Gasteiger partial charge on any atom is -0.292 e. The van der Waals surface area contributed by atoms with Gasteiger partial charge in [-0.3, -0.25) is 4.90 Å². The summed E-state index contributed by atoms with van der Waals surface area (Å²) in [5.74, 6) is 12.8. The average molecular weight is 397 g/mol. The smallest absolute Gasteiger partial charge is 0.113 e. The van der Waals surface area contributed by atoms with Crippen molar-refractivity contribution >= 4 is 11.6 Å². The topological polar surface area (TPSA) is 16.1 Å². The van der Waals surface area contributed by atoms with Crippen molar-refractivity contribution in [2.24, 2.45) is 0 Å². The fourth-order valence-corrected chi connectivity index (χ4v) is 3.37. The molecule has 1 fully saturated rings. The third kappa shape index (κ3) is 5.49. The van der Waals surface area contributed by atoms with E-state index in [2.05, 4.69) is 33.6 Å². The van der Waals surface area contributed by atoms with Gasteiger partial charge in [0.15, 0.2) is 0 Å². The van der Waals surface area contributed by atoms with Crippen LogP contribution in [0.4, 0.5) is 0 Å². The van der Waals surface area contributed by atoms with E-state index in [1.807, 2.05) is 66.9 Å². The van der Waals surface area contributed by atoms with Crippen LogP contribution in [0.1, 0.15) is 29.7 Å². The summed E-state index contributed by atoms with van der Waals surface area (Å²) in [6.07, 6.45) is 4.44. The Morgan fingerprint density at radius 3 is 2.07 bits per heavy atom. The molecule has 1 aliphatic heterocycles. The number of likely N-dealkylation sites (tertiary alicyclic amines) is 1. The van der Waals surface area contributed by atoms with E-state index in [4.69, 9.17) is 11.6 Å². The zero-order valence-electron chi connectivity index (χ0n) is 16.2. The summed E-state index contributed by atoms with van der Waals surface area (Å²) in [4.78, 5) is 6.86. The second-order valence-electron chi connectivity index (χ2n) is 7.05. The summed E-state index contributed by atoms with van der Waals surface area (Å²) in [5, 5.41) is 0.729. The van der Waals surface area contributed by atoms with Crippen LogP contribution < -0.4 is 0 Å². The number of nitrogens with zero attached hydrogens (tertiary/aromatic N) is 2. The Bertz CT molecular complexity index is 1070. The molecule has 2 aromatic carbocycles. The quantitative estimate of drug-likeness (QED) is 0.550. The maximum atomic E-state index is 5.94. The van der Waals surface area contributed by atoms with Crippen LogP contribution in [0.2, 0.25) is 5.02 Å². The Morgan fingerprint density at radius 2 is 1.41 bits per heavy atom. The highest BCUT2D eigenvalue weighted by Gasteiger charge is 2.08. The predicted octanol–water partition coefficient (Wildman–Crippen LogP) is 5.25. The number of hydrogen-bond acceptors (Lipinski definition) is 2. The molecule has 1 saturated heterocycles. The van der Waals surface area contributed by atoms with E-state index in [-0.39, 0.29) is 0 Å². The van der Waals surface area contributed by atoms with Crippen LogP contribution in [-0.2, 0) is 0 Å². The molecule has 2 nitrogen and oxygen atoms in total. The molecule has 142 valence electrons. The normalized spacial score (nSPS) is 13.3. The van der Waals surface area contributed by atoms with Crippen molar-refractivity contribution in [3.63, 3.8) is 0 Å². The molecule has 0 saturated carbocycles. The zero-order valence-corrected chi connectivity index (χ0v) is 16.9. The Balaban J connectivity index is 1.38. The SMILES string of the molecule is Clc1ccc(-c2ccc(C#Cc3ccc(C#CCN4CCCC4)cc3)nc2)cc1. The summed E-state index contributed by atoms with van der Waals surface area (Å²) >= 11 is 5.94. The molecule has 3 heteroatoms. The van der Waals surface area contributed by atoms with Gasteiger partial charge in [-0.1, -0.05) is 47.6 Å². The minimum absolute atomic E-state index is 0.729. The highest BCUT2D eigenvalue weighted by atomic mass is 35.5. The van der Waals surface area contributed by atoms with Gasteiger partial charge in [0.2, 0.25) is 0 Å². The number of benzene rings is 2. The second-order valence-corrected chi connectivity index (χ2v) is 7.49. The molecule has 0 bridgehead atoms. The molecule has 29 heavy (non-hydrogen) atoms. The molecule has 0 unspecified atom stereocenters. The lowest BCUT2D eigenvalue weighted by atomic mass is 10.1. The van der Waals surface area contributed by atoms with E-state index in [1.54, 1.807) is 0 Å². The van der Waals surface area contributed by atoms with Crippen molar-refractivity contribution in [3.05, 3.63) is 88.7 Å². The van der Waals surface area contributed by atoms with Gasteiger partial charge in [-0.2, -0.15) is 0 Å². The number of hydrogen-bond donors (Lipinski definition) is 0. The highest BCUT2D eigenvalue weighted by molar-refractivity contribution is 6.30. The van der Waals surface area contributed by atoms with Crippen molar-refractivity contribution in [1.82, 2.24) is 9.88 Å². The maximum Gasteiger partial charge on any atom is 0.113 e. The third-order valence-electron chi connectivity index (χ3n) is 4.89. The van der Waals surface area contributed by atoms with Crippen molar-refractivity contribution < 1.29 is 0 Å². The number of aromatic nitrogens is 1. The lowest BCUT2D eigenvalue weighted by molar-refractivity contribution is 0.383. The summed E-state index contributed by atoms with van der Waals surface area (Å²) in [5.41, 5.74) is 4.86. The predicted molar refractivity (Wildman–Crippen MR) is 120 cm³/mol. The molecule has 1 aliphatic rings. The third-order valence-corrected chi connectivity index (χ3v) is 5.15. The van der Waals surface area contributed by atoms with E-state index < -0.39 is 0 Å². The lowest BCUT2D eigenvalue weighted by Crippen LogP contribution is -2.18. The zero-order chi connectivity index (χ0) is 19.9. The average Bonchev–Trinajstić information content (AvgIpc) is 3.28. The highest BCUT2D eigenvalue weighted by Crippen LogP contribution is 2.20. The molecular formula is C26H21ClN2. The Morgan fingerprint density at radius 1 is 0.759 bits per heavy atom. The van der Waals surface area contributed by atoms with Gasteiger partial charge in [-0.15, -0.1) is 0 Å². The Hall–Kier alpha value is -3.04. The van der Waals surface area contributed by atoms with E-state index in [9.17, 15) is 0 Å². The van der Waals surface area contributed by atoms with Crippen LogP contribution in [0, 0.1) is 23.7 Å². The van der Waals surface area contributed by atoms with Gasteiger partial charge in [-0.05, 0) is 79.9 Å². The Kier molecular flexibility index (Phi) is 6.28. The molecule has 0 spiro atoms. The molecule has 3 aromatic rings. The monoisotopic (exact) mass is 396 g/mol. The summed E-state index contributed by atoms with van der Waals surface area (Å²) < 4.78 is 0. The first-order chi connectivity index (χ1) is 14.3. The molecule has 4 rings (SSSR count). The maximum absolute atomic E-state index is 5.94. The number of halogens is 1. The molecule has 0 atom stereocenters. The van der Waals surface area contributed by atoms with Gasteiger partial charge >= 0.3 is 0 Å². The van der Waals surface area contributed by atoms with Crippen LogP contribution in [0.5, 0.6) is 0 Å². The second kappa shape index (κ2) is 9.44. The van der Waals surface area contributed by atoms with Crippen molar-refractivity contribution in [3.8, 4) is 34.8 Å². The van der Waals surface area contributed by atoms with Gasteiger partial charge in [0.1, 0.15) is 5.69 Å². The fourth-order valence-electron chi connectivity index (χ4n) is 3.25. The fraction of sp³-hybridized carbons (Fsp3) is 0.192. The molecule has 2 heterocycles. The van der Waals surface area contributed by atoms with Crippen molar-refractivity contribution in [2.45, 2.75) is 12.8 Å². The van der Waals surface area contributed by atoms with E-state index in [0.717, 1.165) is 39.5 Å². The van der Waals surface area contributed by atoms with Gasteiger partial charge in [-0.25, -0.2) is 4.98 Å². The van der Waals surface area contributed by atoms with Crippen LogP contribution >= 0.6 is 11.6 Å². The van der Waals surface area contributed by atoms with E-state index >= 15 is 0 Å². The molecule has 0 amide bonds. The summed E-state index contributed by atoms with van der Waals surface area (Å²) in [6, 6.07) is 19.8. The van der Waals surface area contributed by atoms with Crippen molar-refractivity contribution in [1.29, 1.82) is 0 Å². The number of pyridine rings is 1. The van der Waals surface area contributed by atoms with Crippen molar-refractivity contribution in [2.75, 3.05) is 19.6 Å². The van der Waals surface area contributed by atoms with Crippen LogP contribution in [-0.4, -0.2) is 29.5 Å². The molecule has 1 aromatic heterocycles. The van der Waals surface area contributed by atoms with Gasteiger partial charge < -0.3 is 0 Å². The minimum atomic E-state index is 0.729.